The third-order valence-corrected chi connectivity index (χ3v) is 4.52. The smallest absolute Gasteiger partial charge is 0.319 e. The molecule has 2 amide bonds. The Balaban J connectivity index is 1.44. The summed E-state index contributed by atoms with van der Waals surface area (Å²) in [5.41, 5.74) is 0.456. The summed E-state index contributed by atoms with van der Waals surface area (Å²) >= 11 is 0. The quantitative estimate of drug-likeness (QED) is 0.876. The Hall–Kier alpha value is -2.41. The van der Waals surface area contributed by atoms with Gasteiger partial charge in [0.05, 0.1) is 6.54 Å². The number of imidazole rings is 1. The molecule has 0 radical (unpaired) electrons. The fourth-order valence-electron chi connectivity index (χ4n) is 3.19. The number of hydrogen-bond donors (Lipinski definition) is 2. The number of amides is 2. The predicted octanol–water partition coefficient (Wildman–Crippen LogP) is 2.59. The van der Waals surface area contributed by atoms with Gasteiger partial charge < -0.3 is 15.2 Å². The van der Waals surface area contributed by atoms with Gasteiger partial charge in [-0.15, -0.1) is 0 Å². The molecule has 2 aromatic rings. The number of piperidine rings is 1. The van der Waals surface area contributed by atoms with Crippen molar-refractivity contribution in [1.29, 1.82) is 0 Å². The summed E-state index contributed by atoms with van der Waals surface area (Å²) in [6.45, 7) is 3.43. The number of rotatable bonds is 5. The number of anilines is 1. The average Bonchev–Trinajstić information content (AvgIpc) is 2.98. The van der Waals surface area contributed by atoms with E-state index in [-0.39, 0.29) is 11.8 Å². The van der Waals surface area contributed by atoms with Gasteiger partial charge in [0.1, 0.15) is 11.6 Å². The van der Waals surface area contributed by atoms with Crippen LogP contribution in [0.4, 0.5) is 14.9 Å². The molecule has 1 aromatic carbocycles. The molecule has 25 heavy (non-hydrogen) atoms. The zero-order chi connectivity index (χ0) is 17.6. The molecule has 2 heterocycles. The summed E-state index contributed by atoms with van der Waals surface area (Å²) in [4.78, 5) is 18.7. The monoisotopic (exact) mass is 345 g/mol. The molecule has 1 aliphatic heterocycles. The Morgan fingerprint density at radius 1 is 1.44 bits per heavy atom. The molecule has 0 spiro atoms. The minimum absolute atomic E-state index is 0.299. The summed E-state index contributed by atoms with van der Waals surface area (Å²) in [5, 5.41) is 5.55. The van der Waals surface area contributed by atoms with Crippen LogP contribution in [0.1, 0.15) is 18.7 Å². The number of urea groups is 1. The van der Waals surface area contributed by atoms with Crippen LogP contribution in [0.5, 0.6) is 0 Å². The molecule has 0 bridgehead atoms. The summed E-state index contributed by atoms with van der Waals surface area (Å²) in [5.74, 6) is 1.10. The van der Waals surface area contributed by atoms with Gasteiger partial charge in [-0.05, 0) is 43.5 Å². The minimum Gasteiger partial charge on any atom is -0.338 e. The molecule has 1 fully saturated rings. The standard InChI is InChI=1S/C18H24FN5O/c1-23-9-7-20-17(23)13-24-8-3-4-14(12-24)11-21-18(25)22-16-6-2-5-15(19)10-16/h2,5-7,9-10,14H,3-4,8,11-13H2,1H3,(H2,21,22,25)/t14-/m0/s1. The number of likely N-dealkylation sites (tertiary alicyclic amines) is 1. The Morgan fingerprint density at radius 2 is 2.32 bits per heavy atom. The van der Waals surface area contributed by atoms with Crippen LogP contribution in [0, 0.1) is 11.7 Å². The second-order valence-corrected chi connectivity index (χ2v) is 6.54. The maximum Gasteiger partial charge on any atom is 0.319 e. The molecule has 6 nitrogen and oxygen atoms in total. The molecule has 2 N–H and O–H groups in total. The molecule has 7 heteroatoms. The second kappa shape index (κ2) is 8.11. The third-order valence-electron chi connectivity index (χ3n) is 4.52. The van der Waals surface area contributed by atoms with E-state index in [0.29, 0.717) is 18.2 Å². The lowest BCUT2D eigenvalue weighted by atomic mass is 9.98. The SMILES string of the molecule is Cn1ccnc1CN1CCC[C@@H](CNC(=O)Nc2cccc(F)c2)C1. The summed E-state index contributed by atoms with van der Waals surface area (Å²) in [7, 11) is 2.00. The summed E-state index contributed by atoms with van der Waals surface area (Å²) in [6, 6.07) is 5.59. The number of aromatic nitrogens is 2. The van der Waals surface area contributed by atoms with Crippen molar-refractivity contribution in [2.75, 3.05) is 25.0 Å². The third kappa shape index (κ3) is 5.03. The molecule has 1 atom stereocenters. The van der Waals surface area contributed by atoms with Crippen LogP contribution < -0.4 is 10.6 Å². The van der Waals surface area contributed by atoms with Crippen LogP contribution in [0.25, 0.3) is 0 Å². The molecule has 134 valence electrons. The van der Waals surface area contributed by atoms with Gasteiger partial charge in [0.25, 0.3) is 0 Å². The largest absolute Gasteiger partial charge is 0.338 e. The van der Waals surface area contributed by atoms with Crippen molar-refractivity contribution in [1.82, 2.24) is 19.8 Å². The highest BCUT2D eigenvalue weighted by Crippen LogP contribution is 2.17. The van der Waals surface area contributed by atoms with Crippen LogP contribution >= 0.6 is 0 Å². The number of aryl methyl sites for hydroxylation is 1. The van der Waals surface area contributed by atoms with Crippen molar-refractivity contribution in [3.8, 4) is 0 Å². The van der Waals surface area contributed by atoms with Gasteiger partial charge in [-0.25, -0.2) is 14.2 Å². The lowest BCUT2D eigenvalue weighted by Gasteiger charge is -2.32. The number of nitrogens with one attached hydrogen (secondary N) is 2. The second-order valence-electron chi connectivity index (χ2n) is 6.54. The van der Waals surface area contributed by atoms with Crippen LogP contribution in [-0.4, -0.2) is 40.1 Å². The van der Waals surface area contributed by atoms with E-state index < -0.39 is 0 Å². The Labute approximate surface area is 147 Å². The highest BCUT2D eigenvalue weighted by atomic mass is 19.1. The van der Waals surface area contributed by atoms with Crippen molar-refractivity contribution < 1.29 is 9.18 Å². The summed E-state index contributed by atoms with van der Waals surface area (Å²) in [6.07, 6.45) is 5.98. The predicted molar refractivity (Wildman–Crippen MR) is 94.6 cm³/mol. The zero-order valence-electron chi connectivity index (χ0n) is 14.4. The van der Waals surface area contributed by atoms with Gasteiger partial charge in [0, 0.05) is 38.2 Å². The van der Waals surface area contributed by atoms with Gasteiger partial charge in [-0.3, -0.25) is 4.90 Å². The highest BCUT2D eigenvalue weighted by molar-refractivity contribution is 5.89. The zero-order valence-corrected chi connectivity index (χ0v) is 14.4. The van der Waals surface area contributed by atoms with E-state index in [9.17, 15) is 9.18 Å². The number of carbonyl (C=O) groups excluding carboxylic acids is 1. The molecule has 0 unspecified atom stereocenters. The van der Waals surface area contributed by atoms with Crippen molar-refractivity contribution in [2.24, 2.45) is 13.0 Å². The molecule has 0 saturated carbocycles. The lowest BCUT2D eigenvalue weighted by Crippen LogP contribution is -2.41. The Morgan fingerprint density at radius 3 is 3.08 bits per heavy atom. The topological polar surface area (TPSA) is 62.2 Å². The number of carbonyl (C=O) groups is 1. The van der Waals surface area contributed by atoms with Crippen molar-refractivity contribution in [2.45, 2.75) is 19.4 Å². The maximum atomic E-state index is 13.1. The number of hydrogen-bond acceptors (Lipinski definition) is 3. The lowest BCUT2D eigenvalue weighted by molar-refractivity contribution is 0.161. The minimum atomic E-state index is -0.366. The Kier molecular flexibility index (Phi) is 5.65. The number of halogens is 1. The van der Waals surface area contributed by atoms with Gasteiger partial charge in [0.2, 0.25) is 0 Å². The molecular formula is C18H24FN5O. The number of benzene rings is 1. The highest BCUT2D eigenvalue weighted by Gasteiger charge is 2.21. The molecular weight excluding hydrogens is 321 g/mol. The number of nitrogens with zero attached hydrogens (tertiary/aromatic N) is 3. The van der Waals surface area contributed by atoms with Gasteiger partial charge in [-0.1, -0.05) is 6.07 Å². The van der Waals surface area contributed by atoms with Gasteiger partial charge >= 0.3 is 6.03 Å². The first-order valence-electron chi connectivity index (χ1n) is 8.59. The van der Waals surface area contributed by atoms with Crippen LogP contribution in [0.2, 0.25) is 0 Å². The molecule has 3 rings (SSSR count). The van der Waals surface area contributed by atoms with E-state index >= 15 is 0 Å². The van der Waals surface area contributed by atoms with Crippen LogP contribution in [0.15, 0.2) is 36.7 Å². The van der Waals surface area contributed by atoms with Gasteiger partial charge in [0.15, 0.2) is 0 Å². The fourth-order valence-corrected chi connectivity index (χ4v) is 3.19. The van der Waals surface area contributed by atoms with Crippen LogP contribution in [0.3, 0.4) is 0 Å². The van der Waals surface area contributed by atoms with E-state index in [1.54, 1.807) is 12.1 Å². The van der Waals surface area contributed by atoms with E-state index in [0.717, 1.165) is 38.3 Å². The average molecular weight is 345 g/mol. The van der Waals surface area contributed by atoms with E-state index in [2.05, 4.69) is 20.5 Å². The van der Waals surface area contributed by atoms with E-state index in [4.69, 9.17) is 0 Å². The molecule has 0 aliphatic carbocycles. The first-order chi connectivity index (χ1) is 12.1. The first-order valence-corrected chi connectivity index (χ1v) is 8.59. The van der Waals surface area contributed by atoms with E-state index in [1.165, 1.54) is 12.1 Å². The molecule has 1 aromatic heterocycles. The normalized spacial score (nSPS) is 18.1. The van der Waals surface area contributed by atoms with Crippen LogP contribution in [-0.2, 0) is 13.6 Å². The summed E-state index contributed by atoms with van der Waals surface area (Å²) < 4.78 is 15.2. The molecule has 1 saturated heterocycles. The molecule has 1 aliphatic rings. The maximum absolute atomic E-state index is 13.1. The van der Waals surface area contributed by atoms with Crippen molar-refractivity contribution in [3.63, 3.8) is 0 Å². The van der Waals surface area contributed by atoms with Crippen molar-refractivity contribution in [3.05, 3.63) is 48.3 Å². The Bertz CT molecular complexity index is 717. The van der Waals surface area contributed by atoms with E-state index in [1.807, 2.05) is 24.0 Å². The van der Waals surface area contributed by atoms with Crippen molar-refractivity contribution >= 4 is 11.7 Å². The first kappa shape index (κ1) is 17.4. The fraction of sp³-hybridized carbons (Fsp3) is 0.444. The van der Waals surface area contributed by atoms with Gasteiger partial charge in [-0.2, -0.15) is 0 Å².